The number of nitrogens with one attached hydrogen (secondary N) is 1. The molecular weight excluding hydrogens is 248 g/mol. The smallest absolute Gasteiger partial charge is 0.0447 e. The van der Waals surface area contributed by atoms with E-state index in [4.69, 9.17) is 16.7 Å². The molecule has 0 unspecified atom stereocenters. The Hall–Kier alpha value is -0.770. The Balaban J connectivity index is 2.05. The molecule has 18 heavy (non-hydrogen) atoms. The van der Waals surface area contributed by atoms with Crippen LogP contribution in [0.15, 0.2) is 18.2 Å². The number of hydrogen-bond acceptors (Lipinski definition) is 3. The minimum atomic E-state index is 0.230. The summed E-state index contributed by atoms with van der Waals surface area (Å²) in [4.78, 5) is 2.18. The van der Waals surface area contributed by atoms with Crippen LogP contribution in [0, 0.1) is 0 Å². The molecule has 0 radical (unpaired) electrons. The van der Waals surface area contributed by atoms with Crippen LogP contribution in [0.2, 0.25) is 5.02 Å². The van der Waals surface area contributed by atoms with Crippen LogP contribution in [0.25, 0.3) is 0 Å². The molecule has 2 rings (SSSR count). The molecule has 0 atom stereocenters. The van der Waals surface area contributed by atoms with E-state index >= 15 is 0 Å². The summed E-state index contributed by atoms with van der Waals surface area (Å²) in [7, 11) is 2.06. The maximum atomic E-state index is 8.90. The third-order valence-electron chi connectivity index (χ3n) is 3.26. The summed E-state index contributed by atoms with van der Waals surface area (Å²) in [6.07, 6.45) is 3.36. The topological polar surface area (TPSA) is 35.5 Å². The molecule has 0 heterocycles. The fraction of sp³-hybridized carbons (Fsp3) is 0.571. The van der Waals surface area contributed by atoms with E-state index in [1.54, 1.807) is 0 Å². The van der Waals surface area contributed by atoms with Crippen molar-refractivity contribution in [2.75, 3.05) is 25.1 Å². The molecule has 0 saturated heterocycles. The van der Waals surface area contributed by atoms with E-state index in [2.05, 4.69) is 23.3 Å². The van der Waals surface area contributed by atoms with Gasteiger partial charge in [-0.15, -0.1) is 0 Å². The van der Waals surface area contributed by atoms with Gasteiger partial charge in [-0.25, -0.2) is 0 Å². The number of anilines is 1. The van der Waals surface area contributed by atoms with Crippen LogP contribution in [0.5, 0.6) is 0 Å². The molecule has 1 aromatic rings. The molecule has 1 aromatic carbocycles. The highest BCUT2D eigenvalue weighted by atomic mass is 35.5. The predicted octanol–water partition coefficient (Wildman–Crippen LogP) is 2.41. The summed E-state index contributed by atoms with van der Waals surface area (Å²) < 4.78 is 0. The highest BCUT2D eigenvalue weighted by Gasteiger charge is 2.20. The van der Waals surface area contributed by atoms with Gasteiger partial charge in [0, 0.05) is 43.5 Å². The second-order valence-corrected chi connectivity index (χ2v) is 5.36. The number of aliphatic hydroxyl groups excluding tert-OH is 1. The van der Waals surface area contributed by atoms with E-state index in [0.717, 1.165) is 24.5 Å². The van der Waals surface area contributed by atoms with E-state index in [-0.39, 0.29) is 6.61 Å². The molecule has 4 heteroatoms. The summed E-state index contributed by atoms with van der Waals surface area (Å²) in [6.45, 7) is 1.95. The molecule has 0 aromatic heterocycles. The zero-order chi connectivity index (χ0) is 13.0. The predicted molar refractivity (Wildman–Crippen MR) is 76.3 cm³/mol. The molecule has 1 aliphatic carbocycles. The van der Waals surface area contributed by atoms with E-state index < -0.39 is 0 Å². The second-order valence-electron chi connectivity index (χ2n) is 4.93. The number of hydrogen-bond donors (Lipinski definition) is 2. The van der Waals surface area contributed by atoms with Crippen molar-refractivity contribution in [2.24, 2.45) is 0 Å². The summed E-state index contributed by atoms with van der Waals surface area (Å²) >= 11 is 6.07. The van der Waals surface area contributed by atoms with E-state index in [9.17, 15) is 0 Å². The van der Waals surface area contributed by atoms with Crippen LogP contribution < -0.4 is 10.2 Å². The van der Waals surface area contributed by atoms with Crippen LogP contribution >= 0.6 is 11.6 Å². The van der Waals surface area contributed by atoms with Crippen LogP contribution in [0.1, 0.15) is 24.8 Å². The average Bonchev–Trinajstić information content (AvgIpc) is 3.17. The van der Waals surface area contributed by atoms with Crippen molar-refractivity contribution in [2.45, 2.75) is 31.8 Å². The Labute approximate surface area is 114 Å². The number of benzene rings is 1. The Kier molecular flexibility index (Phi) is 4.87. The molecular formula is C14H21ClN2O. The average molecular weight is 269 g/mol. The first-order valence-electron chi connectivity index (χ1n) is 6.54. The maximum Gasteiger partial charge on any atom is 0.0447 e. The van der Waals surface area contributed by atoms with Crippen molar-refractivity contribution in [3.8, 4) is 0 Å². The zero-order valence-corrected chi connectivity index (χ0v) is 11.6. The summed E-state index contributed by atoms with van der Waals surface area (Å²) in [5.41, 5.74) is 2.43. The Bertz CT molecular complexity index is 393. The van der Waals surface area contributed by atoms with Crippen molar-refractivity contribution >= 4 is 17.3 Å². The van der Waals surface area contributed by atoms with Gasteiger partial charge in [-0.3, -0.25) is 0 Å². The fourth-order valence-electron chi connectivity index (χ4n) is 2.04. The molecule has 1 aliphatic rings. The molecule has 1 fully saturated rings. The van der Waals surface area contributed by atoms with Gasteiger partial charge in [0.2, 0.25) is 0 Å². The molecule has 0 aliphatic heterocycles. The standard InChI is InChI=1S/C14H21ClN2O/c1-17(7-2-8-18)14-6-3-12(15)9-11(14)10-16-13-4-5-13/h3,6,9,13,16,18H,2,4-5,7-8,10H2,1H3. The van der Waals surface area contributed by atoms with Crippen molar-refractivity contribution in [3.63, 3.8) is 0 Å². The molecule has 0 bridgehead atoms. The van der Waals surface area contributed by atoms with Gasteiger partial charge in [0.25, 0.3) is 0 Å². The number of rotatable bonds is 7. The van der Waals surface area contributed by atoms with Gasteiger partial charge in [-0.2, -0.15) is 0 Å². The molecule has 0 amide bonds. The third-order valence-corrected chi connectivity index (χ3v) is 3.50. The first-order valence-corrected chi connectivity index (χ1v) is 6.92. The van der Waals surface area contributed by atoms with Gasteiger partial charge in [0.15, 0.2) is 0 Å². The van der Waals surface area contributed by atoms with Gasteiger partial charge >= 0.3 is 0 Å². The fourth-order valence-corrected chi connectivity index (χ4v) is 2.23. The molecule has 2 N–H and O–H groups in total. The zero-order valence-electron chi connectivity index (χ0n) is 10.8. The second kappa shape index (κ2) is 6.41. The van der Waals surface area contributed by atoms with Gasteiger partial charge in [-0.05, 0) is 43.0 Å². The lowest BCUT2D eigenvalue weighted by Gasteiger charge is -2.22. The SMILES string of the molecule is CN(CCCO)c1ccc(Cl)cc1CNC1CC1. The van der Waals surface area contributed by atoms with Gasteiger partial charge in [0.05, 0.1) is 0 Å². The van der Waals surface area contributed by atoms with E-state index in [0.29, 0.717) is 6.04 Å². The lowest BCUT2D eigenvalue weighted by molar-refractivity contribution is 0.290. The molecule has 100 valence electrons. The van der Waals surface area contributed by atoms with E-state index in [1.165, 1.54) is 24.1 Å². The quantitative estimate of drug-likeness (QED) is 0.797. The number of nitrogens with zero attached hydrogens (tertiary/aromatic N) is 1. The maximum absolute atomic E-state index is 8.90. The van der Waals surface area contributed by atoms with Crippen LogP contribution in [-0.4, -0.2) is 31.3 Å². The minimum Gasteiger partial charge on any atom is -0.396 e. The van der Waals surface area contributed by atoms with E-state index in [1.807, 2.05) is 12.1 Å². The Morgan fingerprint density at radius 2 is 2.22 bits per heavy atom. The summed E-state index contributed by atoms with van der Waals surface area (Å²) in [5.74, 6) is 0. The van der Waals surface area contributed by atoms with Crippen molar-refractivity contribution < 1.29 is 5.11 Å². The highest BCUT2D eigenvalue weighted by Crippen LogP contribution is 2.25. The highest BCUT2D eigenvalue weighted by molar-refractivity contribution is 6.30. The monoisotopic (exact) mass is 268 g/mol. The van der Waals surface area contributed by atoms with Crippen LogP contribution in [-0.2, 0) is 6.54 Å². The van der Waals surface area contributed by atoms with Gasteiger partial charge in [-0.1, -0.05) is 11.6 Å². The first-order chi connectivity index (χ1) is 8.70. The number of aliphatic hydroxyl groups is 1. The molecule has 3 nitrogen and oxygen atoms in total. The van der Waals surface area contributed by atoms with Crippen LogP contribution in [0.3, 0.4) is 0 Å². The Morgan fingerprint density at radius 1 is 1.44 bits per heavy atom. The van der Waals surface area contributed by atoms with Crippen LogP contribution in [0.4, 0.5) is 5.69 Å². The Morgan fingerprint density at radius 3 is 2.89 bits per heavy atom. The number of halogens is 1. The van der Waals surface area contributed by atoms with Gasteiger partial charge < -0.3 is 15.3 Å². The van der Waals surface area contributed by atoms with Gasteiger partial charge in [0.1, 0.15) is 0 Å². The van der Waals surface area contributed by atoms with Crippen molar-refractivity contribution in [3.05, 3.63) is 28.8 Å². The largest absolute Gasteiger partial charge is 0.396 e. The normalized spacial score (nSPS) is 14.8. The summed E-state index contributed by atoms with van der Waals surface area (Å²) in [5, 5.41) is 13.2. The third kappa shape index (κ3) is 3.87. The lowest BCUT2D eigenvalue weighted by atomic mass is 10.1. The molecule has 0 spiro atoms. The lowest BCUT2D eigenvalue weighted by Crippen LogP contribution is -2.23. The first kappa shape index (κ1) is 13.7. The van der Waals surface area contributed by atoms with Crippen molar-refractivity contribution in [1.82, 2.24) is 5.32 Å². The van der Waals surface area contributed by atoms with Crippen molar-refractivity contribution in [1.29, 1.82) is 0 Å². The summed E-state index contributed by atoms with van der Waals surface area (Å²) in [6, 6.07) is 6.71. The minimum absolute atomic E-state index is 0.230. The molecule has 1 saturated carbocycles.